The highest BCUT2D eigenvalue weighted by Gasteiger charge is 2.31. The summed E-state index contributed by atoms with van der Waals surface area (Å²) in [5.74, 6) is 0. The minimum atomic E-state index is -3.62. The SMILES string of the molecule is CCC(C)(CC)NS(=O)(=O)c1c(C)nn(CCO)c1C. The standard InChI is InChI=1S/C13H25N3O3S/c1-6-13(5,7-2)15-20(18,19)12-10(3)14-16(8-9-17)11(12)4/h15,17H,6-9H2,1-5H3. The second kappa shape index (κ2) is 6.24. The molecule has 0 aliphatic rings. The first kappa shape index (κ1) is 17.1. The van der Waals surface area contributed by atoms with Gasteiger partial charge in [-0.2, -0.15) is 5.10 Å². The van der Waals surface area contributed by atoms with E-state index < -0.39 is 15.6 Å². The molecule has 1 rings (SSSR count). The fraction of sp³-hybridized carbons (Fsp3) is 0.769. The number of rotatable bonds is 7. The van der Waals surface area contributed by atoms with E-state index in [9.17, 15) is 8.42 Å². The lowest BCUT2D eigenvalue weighted by molar-refractivity contribution is 0.267. The fourth-order valence-electron chi connectivity index (χ4n) is 2.15. The summed E-state index contributed by atoms with van der Waals surface area (Å²) in [4.78, 5) is 0.221. The maximum absolute atomic E-state index is 12.6. The van der Waals surface area contributed by atoms with E-state index in [-0.39, 0.29) is 11.5 Å². The van der Waals surface area contributed by atoms with Crippen molar-refractivity contribution in [3.05, 3.63) is 11.4 Å². The van der Waals surface area contributed by atoms with Crippen molar-refractivity contribution in [3.8, 4) is 0 Å². The molecule has 1 aromatic heterocycles. The summed E-state index contributed by atoms with van der Waals surface area (Å²) in [7, 11) is -3.62. The summed E-state index contributed by atoms with van der Waals surface area (Å²) in [6, 6.07) is 0. The van der Waals surface area contributed by atoms with Crippen molar-refractivity contribution in [3.63, 3.8) is 0 Å². The predicted octanol–water partition coefficient (Wildman–Crippen LogP) is 1.35. The van der Waals surface area contributed by atoms with Gasteiger partial charge in [0, 0.05) is 5.54 Å². The van der Waals surface area contributed by atoms with Gasteiger partial charge in [-0.1, -0.05) is 13.8 Å². The molecule has 116 valence electrons. The van der Waals surface area contributed by atoms with Crippen LogP contribution in [0.25, 0.3) is 0 Å². The zero-order chi connectivity index (χ0) is 15.6. The topological polar surface area (TPSA) is 84.2 Å². The lowest BCUT2D eigenvalue weighted by atomic mass is 9.98. The molecule has 0 bridgehead atoms. The zero-order valence-electron chi connectivity index (χ0n) is 12.9. The Morgan fingerprint density at radius 3 is 2.30 bits per heavy atom. The molecule has 0 aromatic carbocycles. The van der Waals surface area contributed by atoms with Crippen molar-refractivity contribution in [2.45, 2.75) is 64.4 Å². The van der Waals surface area contributed by atoms with Gasteiger partial charge in [0.05, 0.1) is 24.5 Å². The van der Waals surface area contributed by atoms with Crippen LogP contribution in [0.5, 0.6) is 0 Å². The summed E-state index contributed by atoms with van der Waals surface area (Å²) in [6.07, 6.45) is 1.43. The van der Waals surface area contributed by atoms with E-state index in [1.807, 2.05) is 20.8 Å². The number of aromatic nitrogens is 2. The Balaban J connectivity index is 3.23. The number of nitrogens with zero attached hydrogens (tertiary/aromatic N) is 2. The summed E-state index contributed by atoms with van der Waals surface area (Å²) in [6.45, 7) is 9.41. The molecule has 0 saturated carbocycles. The number of hydrogen-bond acceptors (Lipinski definition) is 4. The average molecular weight is 303 g/mol. The highest BCUT2D eigenvalue weighted by molar-refractivity contribution is 7.89. The first-order chi connectivity index (χ1) is 9.20. The van der Waals surface area contributed by atoms with E-state index in [0.29, 0.717) is 30.8 Å². The van der Waals surface area contributed by atoms with E-state index >= 15 is 0 Å². The van der Waals surface area contributed by atoms with Crippen molar-refractivity contribution >= 4 is 10.0 Å². The van der Waals surface area contributed by atoms with Gasteiger partial charge in [-0.25, -0.2) is 13.1 Å². The van der Waals surface area contributed by atoms with E-state index in [1.54, 1.807) is 13.8 Å². The molecule has 1 aromatic rings. The monoisotopic (exact) mass is 303 g/mol. The van der Waals surface area contributed by atoms with Gasteiger partial charge >= 0.3 is 0 Å². The molecule has 0 fully saturated rings. The molecule has 6 nitrogen and oxygen atoms in total. The van der Waals surface area contributed by atoms with Crippen LogP contribution in [0.15, 0.2) is 4.90 Å². The Kier molecular flexibility index (Phi) is 5.34. The van der Waals surface area contributed by atoms with Crippen LogP contribution in [-0.2, 0) is 16.6 Å². The molecular weight excluding hydrogens is 278 g/mol. The lowest BCUT2D eigenvalue weighted by Crippen LogP contribution is -2.45. The quantitative estimate of drug-likeness (QED) is 0.796. The van der Waals surface area contributed by atoms with E-state index in [0.717, 1.165) is 0 Å². The van der Waals surface area contributed by atoms with Gasteiger partial charge < -0.3 is 5.11 Å². The van der Waals surface area contributed by atoms with Crippen LogP contribution in [-0.4, -0.2) is 35.5 Å². The Bertz CT molecular complexity index is 560. The number of nitrogens with one attached hydrogen (secondary N) is 1. The summed E-state index contributed by atoms with van der Waals surface area (Å²) in [5.41, 5.74) is 0.549. The maximum atomic E-state index is 12.6. The van der Waals surface area contributed by atoms with Gasteiger partial charge in [0.1, 0.15) is 4.90 Å². The Labute approximate surface area is 121 Å². The van der Waals surface area contributed by atoms with Crippen LogP contribution in [0.1, 0.15) is 45.0 Å². The third kappa shape index (κ3) is 3.39. The second-order valence-electron chi connectivity index (χ2n) is 5.32. The molecule has 0 saturated heterocycles. The molecule has 0 spiro atoms. The summed E-state index contributed by atoms with van der Waals surface area (Å²) < 4.78 is 29.5. The number of sulfonamides is 1. The van der Waals surface area contributed by atoms with E-state index in [2.05, 4.69) is 9.82 Å². The zero-order valence-corrected chi connectivity index (χ0v) is 13.7. The molecule has 0 amide bonds. The van der Waals surface area contributed by atoms with Crippen molar-refractivity contribution in [2.75, 3.05) is 6.61 Å². The Hall–Kier alpha value is -0.920. The van der Waals surface area contributed by atoms with Crippen LogP contribution in [0, 0.1) is 13.8 Å². The molecule has 0 atom stereocenters. The molecule has 1 heterocycles. The largest absolute Gasteiger partial charge is 0.394 e. The van der Waals surface area contributed by atoms with Crippen molar-refractivity contribution < 1.29 is 13.5 Å². The minimum Gasteiger partial charge on any atom is -0.394 e. The molecular formula is C13H25N3O3S. The van der Waals surface area contributed by atoms with Crippen molar-refractivity contribution in [1.82, 2.24) is 14.5 Å². The molecule has 0 radical (unpaired) electrons. The Morgan fingerprint density at radius 2 is 1.85 bits per heavy atom. The van der Waals surface area contributed by atoms with Gasteiger partial charge in [0.15, 0.2) is 0 Å². The number of aryl methyl sites for hydroxylation is 1. The average Bonchev–Trinajstić information content (AvgIpc) is 2.65. The van der Waals surface area contributed by atoms with Crippen LogP contribution in [0.3, 0.4) is 0 Å². The number of hydrogen-bond donors (Lipinski definition) is 2. The molecule has 2 N–H and O–H groups in total. The van der Waals surface area contributed by atoms with Crippen LogP contribution >= 0.6 is 0 Å². The van der Waals surface area contributed by atoms with Gasteiger partial charge in [-0.05, 0) is 33.6 Å². The smallest absolute Gasteiger partial charge is 0.244 e. The third-order valence-corrected chi connectivity index (χ3v) is 5.73. The molecule has 0 aliphatic heterocycles. The number of aliphatic hydroxyl groups is 1. The van der Waals surface area contributed by atoms with Crippen LogP contribution in [0.4, 0.5) is 0 Å². The highest BCUT2D eigenvalue weighted by Crippen LogP contribution is 2.23. The third-order valence-electron chi connectivity index (χ3n) is 3.84. The second-order valence-corrected chi connectivity index (χ2v) is 6.94. The summed E-state index contributed by atoms with van der Waals surface area (Å²) in [5, 5.41) is 13.2. The van der Waals surface area contributed by atoms with Crippen molar-refractivity contribution in [1.29, 1.82) is 0 Å². The van der Waals surface area contributed by atoms with Gasteiger partial charge in [0.25, 0.3) is 0 Å². The maximum Gasteiger partial charge on any atom is 0.244 e. The van der Waals surface area contributed by atoms with Gasteiger partial charge in [-0.3, -0.25) is 4.68 Å². The first-order valence-corrected chi connectivity index (χ1v) is 8.38. The normalized spacial score (nSPS) is 12.9. The van der Waals surface area contributed by atoms with E-state index in [1.165, 1.54) is 4.68 Å². The minimum absolute atomic E-state index is 0.0729. The van der Waals surface area contributed by atoms with Crippen molar-refractivity contribution in [2.24, 2.45) is 0 Å². The molecule has 7 heteroatoms. The van der Waals surface area contributed by atoms with Crippen LogP contribution in [0.2, 0.25) is 0 Å². The first-order valence-electron chi connectivity index (χ1n) is 6.89. The molecule has 0 unspecified atom stereocenters. The summed E-state index contributed by atoms with van der Waals surface area (Å²) >= 11 is 0. The lowest BCUT2D eigenvalue weighted by Gasteiger charge is -2.27. The van der Waals surface area contributed by atoms with E-state index in [4.69, 9.17) is 5.11 Å². The fourth-order valence-corrected chi connectivity index (χ4v) is 4.12. The number of aliphatic hydroxyl groups excluding tert-OH is 1. The molecule has 0 aliphatic carbocycles. The van der Waals surface area contributed by atoms with Gasteiger partial charge in [-0.15, -0.1) is 0 Å². The Morgan fingerprint density at radius 1 is 1.30 bits per heavy atom. The highest BCUT2D eigenvalue weighted by atomic mass is 32.2. The predicted molar refractivity (Wildman–Crippen MR) is 78.1 cm³/mol. The van der Waals surface area contributed by atoms with Crippen LogP contribution < -0.4 is 4.72 Å². The van der Waals surface area contributed by atoms with Gasteiger partial charge in [0.2, 0.25) is 10.0 Å². The molecule has 20 heavy (non-hydrogen) atoms.